The van der Waals surface area contributed by atoms with Crippen LogP contribution in [0.4, 0.5) is 0 Å². The van der Waals surface area contributed by atoms with Gasteiger partial charge in [-0.25, -0.2) is 0 Å². The SMILES string of the molecule is CCC(=O)CC1CCCOC1=O. The number of rotatable bonds is 3. The number of carbonyl (C=O) groups is 2. The molecule has 3 nitrogen and oxygen atoms in total. The van der Waals surface area contributed by atoms with E-state index in [2.05, 4.69) is 0 Å². The second kappa shape index (κ2) is 4.24. The van der Waals surface area contributed by atoms with Crippen LogP contribution in [0.5, 0.6) is 0 Å². The molecule has 0 aromatic carbocycles. The van der Waals surface area contributed by atoms with Gasteiger partial charge in [0.1, 0.15) is 5.78 Å². The fourth-order valence-corrected chi connectivity index (χ4v) is 1.34. The molecule has 0 spiro atoms. The van der Waals surface area contributed by atoms with Crippen molar-refractivity contribution in [3.05, 3.63) is 0 Å². The van der Waals surface area contributed by atoms with Crippen LogP contribution in [-0.2, 0) is 14.3 Å². The standard InChI is InChI=1S/C9H14O3/c1-2-8(10)6-7-4-3-5-12-9(7)11/h7H,2-6H2,1H3. The zero-order valence-corrected chi connectivity index (χ0v) is 7.34. The lowest BCUT2D eigenvalue weighted by Crippen LogP contribution is -2.26. The van der Waals surface area contributed by atoms with Gasteiger partial charge in [-0.2, -0.15) is 0 Å². The maximum Gasteiger partial charge on any atom is 0.309 e. The van der Waals surface area contributed by atoms with Gasteiger partial charge in [0.25, 0.3) is 0 Å². The lowest BCUT2D eigenvalue weighted by Gasteiger charge is -2.19. The molecular formula is C9H14O3. The van der Waals surface area contributed by atoms with Crippen LogP contribution < -0.4 is 0 Å². The Bertz CT molecular complexity index is 186. The smallest absolute Gasteiger partial charge is 0.309 e. The topological polar surface area (TPSA) is 43.4 Å². The molecule has 0 amide bonds. The summed E-state index contributed by atoms with van der Waals surface area (Å²) in [5.74, 6) is -0.201. The van der Waals surface area contributed by atoms with Crippen molar-refractivity contribution >= 4 is 11.8 Å². The molecule has 0 saturated carbocycles. The lowest BCUT2D eigenvalue weighted by atomic mass is 9.95. The Morgan fingerprint density at radius 2 is 2.42 bits per heavy atom. The molecule has 1 heterocycles. The first-order valence-electron chi connectivity index (χ1n) is 4.42. The molecule has 3 heteroatoms. The summed E-state index contributed by atoms with van der Waals surface area (Å²) < 4.78 is 4.84. The second-order valence-electron chi connectivity index (χ2n) is 3.10. The van der Waals surface area contributed by atoms with E-state index in [1.807, 2.05) is 6.92 Å². The Morgan fingerprint density at radius 1 is 1.67 bits per heavy atom. The number of cyclic esters (lactones) is 1. The Kier molecular flexibility index (Phi) is 3.26. The van der Waals surface area contributed by atoms with Crippen molar-refractivity contribution in [2.45, 2.75) is 32.6 Å². The van der Waals surface area contributed by atoms with Gasteiger partial charge >= 0.3 is 5.97 Å². The molecule has 0 aliphatic carbocycles. The monoisotopic (exact) mass is 170 g/mol. The summed E-state index contributed by atoms with van der Waals surface area (Å²) in [5.41, 5.74) is 0. The van der Waals surface area contributed by atoms with Gasteiger partial charge in [-0.3, -0.25) is 9.59 Å². The first-order chi connectivity index (χ1) is 5.74. The Balaban J connectivity index is 2.39. The van der Waals surface area contributed by atoms with Gasteiger partial charge in [0.05, 0.1) is 12.5 Å². The van der Waals surface area contributed by atoms with Crippen LogP contribution in [-0.4, -0.2) is 18.4 Å². The van der Waals surface area contributed by atoms with Crippen LogP contribution in [0.3, 0.4) is 0 Å². The molecule has 1 rings (SSSR count). The zero-order valence-electron chi connectivity index (χ0n) is 7.34. The van der Waals surface area contributed by atoms with Crippen molar-refractivity contribution in [1.29, 1.82) is 0 Å². The third-order valence-electron chi connectivity index (χ3n) is 2.14. The average Bonchev–Trinajstić information content (AvgIpc) is 2.09. The Hall–Kier alpha value is -0.860. The van der Waals surface area contributed by atoms with Gasteiger partial charge in [-0.15, -0.1) is 0 Å². The number of ether oxygens (including phenoxy) is 1. The molecular weight excluding hydrogens is 156 g/mol. The molecule has 1 fully saturated rings. The third-order valence-corrected chi connectivity index (χ3v) is 2.14. The van der Waals surface area contributed by atoms with Crippen LogP contribution in [0.1, 0.15) is 32.6 Å². The third kappa shape index (κ3) is 2.32. The molecule has 1 aliphatic heterocycles. The number of hydrogen-bond acceptors (Lipinski definition) is 3. The predicted molar refractivity (Wildman–Crippen MR) is 43.6 cm³/mol. The minimum Gasteiger partial charge on any atom is -0.465 e. The number of carbonyl (C=O) groups excluding carboxylic acids is 2. The van der Waals surface area contributed by atoms with Crippen molar-refractivity contribution in [1.82, 2.24) is 0 Å². The highest BCUT2D eigenvalue weighted by Gasteiger charge is 2.25. The molecule has 1 saturated heterocycles. The summed E-state index contributed by atoms with van der Waals surface area (Å²) in [5, 5.41) is 0. The van der Waals surface area contributed by atoms with E-state index in [0.29, 0.717) is 19.4 Å². The fraction of sp³-hybridized carbons (Fsp3) is 0.778. The molecule has 0 aromatic rings. The minimum atomic E-state index is -0.192. The van der Waals surface area contributed by atoms with E-state index in [4.69, 9.17) is 4.74 Å². The van der Waals surface area contributed by atoms with Crippen molar-refractivity contribution < 1.29 is 14.3 Å². The second-order valence-corrected chi connectivity index (χ2v) is 3.10. The molecule has 0 radical (unpaired) electrons. The number of hydrogen-bond donors (Lipinski definition) is 0. The van der Waals surface area contributed by atoms with Crippen LogP contribution in [0, 0.1) is 5.92 Å². The minimum absolute atomic E-state index is 0.152. The van der Waals surface area contributed by atoms with Crippen LogP contribution in [0.2, 0.25) is 0 Å². The molecule has 0 aromatic heterocycles. The van der Waals surface area contributed by atoms with Crippen molar-refractivity contribution in [3.8, 4) is 0 Å². The highest BCUT2D eigenvalue weighted by Crippen LogP contribution is 2.19. The van der Waals surface area contributed by atoms with Crippen LogP contribution in [0.25, 0.3) is 0 Å². The molecule has 1 aliphatic rings. The van der Waals surface area contributed by atoms with Gasteiger partial charge in [0.15, 0.2) is 0 Å². The molecule has 0 N–H and O–H groups in total. The predicted octanol–water partition coefficient (Wildman–Crippen LogP) is 1.31. The molecule has 1 atom stereocenters. The quantitative estimate of drug-likeness (QED) is 0.600. The maximum atomic E-state index is 11.1. The normalized spacial score (nSPS) is 23.4. The van der Waals surface area contributed by atoms with E-state index in [1.54, 1.807) is 0 Å². The van der Waals surface area contributed by atoms with E-state index >= 15 is 0 Å². The summed E-state index contributed by atoms with van der Waals surface area (Å²) in [7, 11) is 0. The van der Waals surface area contributed by atoms with Gasteiger partial charge in [0.2, 0.25) is 0 Å². The van der Waals surface area contributed by atoms with E-state index < -0.39 is 0 Å². The fourth-order valence-electron chi connectivity index (χ4n) is 1.34. The van der Waals surface area contributed by atoms with Crippen molar-refractivity contribution in [3.63, 3.8) is 0 Å². The van der Waals surface area contributed by atoms with Gasteiger partial charge in [-0.1, -0.05) is 6.92 Å². The molecule has 12 heavy (non-hydrogen) atoms. The van der Waals surface area contributed by atoms with E-state index in [1.165, 1.54) is 0 Å². The number of esters is 1. The molecule has 0 bridgehead atoms. The van der Waals surface area contributed by atoms with Gasteiger partial charge in [0, 0.05) is 12.8 Å². The summed E-state index contributed by atoms with van der Waals surface area (Å²) in [6.07, 6.45) is 2.59. The van der Waals surface area contributed by atoms with Crippen molar-refractivity contribution in [2.24, 2.45) is 5.92 Å². The molecule has 1 unspecified atom stereocenters. The number of ketones is 1. The van der Waals surface area contributed by atoms with E-state index in [9.17, 15) is 9.59 Å². The van der Waals surface area contributed by atoms with E-state index in [0.717, 1.165) is 12.8 Å². The molecule has 68 valence electrons. The van der Waals surface area contributed by atoms with Crippen LogP contribution in [0.15, 0.2) is 0 Å². The lowest BCUT2D eigenvalue weighted by molar-refractivity contribution is -0.154. The highest BCUT2D eigenvalue weighted by molar-refractivity contribution is 5.84. The Labute approximate surface area is 72.1 Å². The van der Waals surface area contributed by atoms with Gasteiger partial charge < -0.3 is 4.74 Å². The summed E-state index contributed by atoms with van der Waals surface area (Å²) >= 11 is 0. The summed E-state index contributed by atoms with van der Waals surface area (Å²) in [4.78, 5) is 22.1. The van der Waals surface area contributed by atoms with Crippen molar-refractivity contribution in [2.75, 3.05) is 6.61 Å². The zero-order chi connectivity index (χ0) is 8.97. The first-order valence-corrected chi connectivity index (χ1v) is 4.42. The van der Waals surface area contributed by atoms with E-state index in [-0.39, 0.29) is 17.7 Å². The van der Waals surface area contributed by atoms with Gasteiger partial charge in [-0.05, 0) is 12.8 Å². The summed E-state index contributed by atoms with van der Waals surface area (Å²) in [6.45, 7) is 2.34. The average molecular weight is 170 g/mol. The largest absolute Gasteiger partial charge is 0.465 e. The maximum absolute atomic E-state index is 11.1. The van der Waals surface area contributed by atoms with Crippen LogP contribution >= 0.6 is 0 Å². The number of Topliss-reactive ketones (excluding diaryl/α,β-unsaturated/α-hetero) is 1. The Morgan fingerprint density at radius 3 is 3.00 bits per heavy atom. The highest BCUT2D eigenvalue weighted by atomic mass is 16.5. The summed E-state index contributed by atoms with van der Waals surface area (Å²) in [6, 6.07) is 0. The first kappa shape index (κ1) is 9.23.